The van der Waals surface area contributed by atoms with Crippen molar-refractivity contribution in [2.45, 2.75) is 47.0 Å². The summed E-state index contributed by atoms with van der Waals surface area (Å²) in [6.07, 6.45) is 3.77. The van der Waals surface area contributed by atoms with Gasteiger partial charge in [-0.05, 0) is 17.8 Å². The van der Waals surface area contributed by atoms with Crippen molar-refractivity contribution >= 4 is 11.6 Å². The lowest BCUT2D eigenvalue weighted by atomic mass is 9.75. The van der Waals surface area contributed by atoms with Crippen molar-refractivity contribution < 1.29 is 0 Å². The van der Waals surface area contributed by atoms with E-state index >= 15 is 0 Å². The van der Waals surface area contributed by atoms with Gasteiger partial charge in [0.1, 0.15) is 0 Å². The molecule has 0 rings (SSSR count). The van der Waals surface area contributed by atoms with E-state index in [9.17, 15) is 0 Å². The number of halogens is 1. The molecule has 0 spiro atoms. The highest BCUT2D eigenvalue weighted by molar-refractivity contribution is 6.18. The molecule has 1 heteroatoms. The third-order valence-corrected chi connectivity index (χ3v) is 3.63. The van der Waals surface area contributed by atoms with Crippen LogP contribution in [0.4, 0.5) is 0 Å². The molecule has 0 aliphatic heterocycles. The molecule has 2 atom stereocenters. The topological polar surface area (TPSA) is 0 Å². The molecule has 0 radical (unpaired) electrons. The fourth-order valence-corrected chi connectivity index (χ4v) is 1.81. The molecule has 0 aromatic carbocycles. The molecule has 0 amide bonds. The van der Waals surface area contributed by atoms with Crippen LogP contribution in [0.15, 0.2) is 0 Å². The summed E-state index contributed by atoms with van der Waals surface area (Å²) >= 11 is 5.94. The summed E-state index contributed by atoms with van der Waals surface area (Å²) < 4.78 is 0. The number of hydrogen-bond donors (Lipinski definition) is 0. The Morgan fingerprint density at radius 3 is 2.18 bits per heavy atom. The quantitative estimate of drug-likeness (QED) is 0.554. The van der Waals surface area contributed by atoms with E-state index in [1.807, 2.05) is 0 Å². The van der Waals surface area contributed by atoms with E-state index in [1.54, 1.807) is 0 Å². The largest absolute Gasteiger partial charge is 0.126 e. The van der Waals surface area contributed by atoms with Gasteiger partial charge in [0, 0.05) is 5.88 Å². The second-order valence-corrected chi connectivity index (χ2v) is 4.10. The normalized spacial score (nSPS) is 19.4. The zero-order valence-corrected chi connectivity index (χ0v) is 9.04. The van der Waals surface area contributed by atoms with Crippen molar-refractivity contribution in [1.29, 1.82) is 0 Å². The smallest absolute Gasteiger partial charge is 0.0279 e. The van der Waals surface area contributed by atoms with Crippen LogP contribution in [0.3, 0.4) is 0 Å². The Morgan fingerprint density at radius 1 is 1.36 bits per heavy atom. The summed E-state index contributed by atoms with van der Waals surface area (Å²) in [5, 5.41) is 0. The summed E-state index contributed by atoms with van der Waals surface area (Å²) in [5.74, 6) is 1.56. The van der Waals surface area contributed by atoms with Crippen LogP contribution >= 0.6 is 11.6 Å². The van der Waals surface area contributed by atoms with E-state index in [4.69, 9.17) is 11.6 Å². The number of hydrogen-bond acceptors (Lipinski definition) is 0. The van der Waals surface area contributed by atoms with Gasteiger partial charge in [0.05, 0.1) is 0 Å². The molecule has 0 aliphatic rings. The lowest BCUT2D eigenvalue weighted by Crippen LogP contribution is -2.26. The van der Waals surface area contributed by atoms with Crippen molar-refractivity contribution in [3.63, 3.8) is 0 Å². The van der Waals surface area contributed by atoms with E-state index < -0.39 is 0 Å². The first-order valence-corrected chi connectivity index (χ1v) is 5.20. The Hall–Kier alpha value is 0.290. The molecule has 2 unspecified atom stereocenters. The van der Waals surface area contributed by atoms with Gasteiger partial charge < -0.3 is 0 Å². The molecular formula is C10H21Cl. The van der Waals surface area contributed by atoms with E-state index in [2.05, 4.69) is 27.7 Å². The first kappa shape index (κ1) is 11.3. The molecule has 0 aromatic rings. The van der Waals surface area contributed by atoms with Crippen LogP contribution in [-0.4, -0.2) is 5.88 Å². The molecule has 0 N–H and O–H groups in total. The second-order valence-electron chi connectivity index (χ2n) is 3.83. The number of rotatable bonds is 5. The van der Waals surface area contributed by atoms with Gasteiger partial charge in [-0.2, -0.15) is 0 Å². The molecule has 0 aliphatic carbocycles. The predicted octanol–water partition coefficient (Wildman–Crippen LogP) is 4.08. The van der Waals surface area contributed by atoms with Gasteiger partial charge >= 0.3 is 0 Å². The minimum absolute atomic E-state index is 0.359. The van der Waals surface area contributed by atoms with E-state index in [0.29, 0.717) is 5.41 Å². The SMILES string of the molecule is CCCC(C)C(C)(CC)CCl. The van der Waals surface area contributed by atoms with Gasteiger partial charge in [-0.15, -0.1) is 11.6 Å². The summed E-state index contributed by atoms with van der Waals surface area (Å²) in [6, 6.07) is 0. The predicted molar refractivity (Wildman–Crippen MR) is 53.2 cm³/mol. The fraction of sp³-hybridized carbons (Fsp3) is 1.00. The maximum Gasteiger partial charge on any atom is 0.0279 e. The average Bonchev–Trinajstić information content (AvgIpc) is 2.03. The van der Waals surface area contributed by atoms with Crippen LogP contribution in [0, 0.1) is 11.3 Å². The molecule has 11 heavy (non-hydrogen) atoms. The van der Waals surface area contributed by atoms with Crippen LogP contribution in [0.5, 0.6) is 0 Å². The van der Waals surface area contributed by atoms with Crippen LogP contribution in [0.25, 0.3) is 0 Å². The lowest BCUT2D eigenvalue weighted by molar-refractivity contribution is 0.213. The van der Waals surface area contributed by atoms with Gasteiger partial charge in [0.25, 0.3) is 0 Å². The standard InChI is InChI=1S/C10H21Cl/c1-5-7-9(3)10(4,6-2)8-11/h9H,5-8H2,1-4H3. The molecule has 0 heterocycles. The van der Waals surface area contributed by atoms with Gasteiger partial charge in [-0.1, -0.05) is 40.5 Å². The molecule has 68 valence electrons. The third kappa shape index (κ3) is 3.02. The van der Waals surface area contributed by atoms with Gasteiger partial charge in [0.2, 0.25) is 0 Å². The summed E-state index contributed by atoms with van der Waals surface area (Å²) in [7, 11) is 0. The van der Waals surface area contributed by atoms with Crippen molar-refractivity contribution in [3.05, 3.63) is 0 Å². The molecule has 0 bridgehead atoms. The molecular weight excluding hydrogens is 156 g/mol. The highest BCUT2D eigenvalue weighted by atomic mass is 35.5. The Bertz CT molecular complexity index is 95.0. The minimum Gasteiger partial charge on any atom is -0.126 e. The number of alkyl halides is 1. The van der Waals surface area contributed by atoms with E-state index in [1.165, 1.54) is 19.3 Å². The molecule has 0 fully saturated rings. The second kappa shape index (κ2) is 5.03. The Morgan fingerprint density at radius 2 is 1.91 bits per heavy atom. The maximum absolute atomic E-state index is 5.94. The van der Waals surface area contributed by atoms with Crippen molar-refractivity contribution in [1.82, 2.24) is 0 Å². The summed E-state index contributed by atoms with van der Waals surface area (Å²) in [5.41, 5.74) is 0.359. The minimum atomic E-state index is 0.359. The average molecular weight is 177 g/mol. The first-order valence-electron chi connectivity index (χ1n) is 4.66. The van der Waals surface area contributed by atoms with Crippen LogP contribution in [-0.2, 0) is 0 Å². The summed E-state index contributed by atoms with van der Waals surface area (Å²) in [6.45, 7) is 9.07. The van der Waals surface area contributed by atoms with Crippen molar-refractivity contribution in [3.8, 4) is 0 Å². The van der Waals surface area contributed by atoms with Crippen molar-refractivity contribution in [2.75, 3.05) is 5.88 Å². The van der Waals surface area contributed by atoms with Gasteiger partial charge in [-0.3, -0.25) is 0 Å². The third-order valence-electron chi connectivity index (χ3n) is 3.02. The zero-order valence-electron chi connectivity index (χ0n) is 8.28. The van der Waals surface area contributed by atoms with Gasteiger partial charge in [0.15, 0.2) is 0 Å². The highest BCUT2D eigenvalue weighted by Crippen LogP contribution is 2.34. The van der Waals surface area contributed by atoms with Crippen LogP contribution < -0.4 is 0 Å². The van der Waals surface area contributed by atoms with Crippen LogP contribution in [0.2, 0.25) is 0 Å². The van der Waals surface area contributed by atoms with Gasteiger partial charge in [-0.25, -0.2) is 0 Å². The van der Waals surface area contributed by atoms with E-state index in [-0.39, 0.29) is 0 Å². The monoisotopic (exact) mass is 176 g/mol. The maximum atomic E-state index is 5.94. The van der Waals surface area contributed by atoms with Crippen molar-refractivity contribution in [2.24, 2.45) is 11.3 Å². The highest BCUT2D eigenvalue weighted by Gasteiger charge is 2.27. The molecule has 0 nitrogen and oxygen atoms in total. The zero-order chi connectivity index (χ0) is 8.91. The Kier molecular flexibility index (Phi) is 5.16. The Labute approximate surface area is 76.3 Å². The van der Waals surface area contributed by atoms with Crippen LogP contribution in [0.1, 0.15) is 47.0 Å². The fourth-order valence-electron chi connectivity index (χ4n) is 1.36. The molecule has 0 saturated heterocycles. The van der Waals surface area contributed by atoms with E-state index in [0.717, 1.165) is 11.8 Å². The summed E-state index contributed by atoms with van der Waals surface area (Å²) in [4.78, 5) is 0. The lowest BCUT2D eigenvalue weighted by Gasteiger charge is -2.32. The molecule has 0 saturated carbocycles. The first-order chi connectivity index (χ1) is 5.10. The molecule has 0 aromatic heterocycles. The Balaban J connectivity index is 4.00.